The number of amides is 1. The van der Waals surface area contributed by atoms with Gasteiger partial charge in [-0.25, -0.2) is 0 Å². The minimum atomic E-state index is -0.155. The number of ether oxygens (including phenoxy) is 3. The van der Waals surface area contributed by atoms with Gasteiger partial charge in [-0.05, 0) is 36.4 Å². The Morgan fingerprint density at radius 1 is 1.13 bits per heavy atom. The van der Waals surface area contributed by atoms with Crippen molar-refractivity contribution in [3.63, 3.8) is 0 Å². The normalized spacial score (nSPS) is 14.4. The van der Waals surface area contributed by atoms with Gasteiger partial charge in [0.25, 0.3) is 5.91 Å². The minimum absolute atomic E-state index is 0.0959. The third-order valence-electron chi connectivity index (χ3n) is 5.43. The van der Waals surface area contributed by atoms with Crippen LogP contribution in [0.5, 0.6) is 17.2 Å². The summed E-state index contributed by atoms with van der Waals surface area (Å²) in [6, 6.07) is 9.62. The van der Waals surface area contributed by atoms with Gasteiger partial charge in [0, 0.05) is 30.8 Å². The topological polar surface area (TPSA) is 88.7 Å². The van der Waals surface area contributed by atoms with E-state index in [0.29, 0.717) is 22.8 Å². The molecule has 0 saturated carbocycles. The summed E-state index contributed by atoms with van der Waals surface area (Å²) in [5.74, 6) is 2.18. The van der Waals surface area contributed by atoms with Crippen LogP contribution in [0, 0.1) is 0 Å². The van der Waals surface area contributed by atoms with Gasteiger partial charge >= 0.3 is 0 Å². The molecule has 0 bridgehead atoms. The zero-order valence-corrected chi connectivity index (χ0v) is 18.6. The fraction of sp³-hybridized carbons (Fsp3) is 0.364. The molecule has 164 valence electrons. The van der Waals surface area contributed by atoms with Crippen molar-refractivity contribution in [2.24, 2.45) is 0 Å². The first-order chi connectivity index (χ1) is 15.1. The third-order valence-corrected chi connectivity index (χ3v) is 6.34. The van der Waals surface area contributed by atoms with Crippen molar-refractivity contribution in [3.8, 4) is 27.8 Å². The van der Waals surface area contributed by atoms with E-state index in [0.717, 1.165) is 37.4 Å². The quantitative estimate of drug-likeness (QED) is 0.582. The highest BCUT2D eigenvalue weighted by atomic mass is 32.1. The molecule has 0 spiro atoms. The fourth-order valence-electron chi connectivity index (χ4n) is 3.77. The van der Waals surface area contributed by atoms with Gasteiger partial charge in [0.1, 0.15) is 0 Å². The molecule has 4 rings (SSSR count). The molecule has 1 aliphatic heterocycles. The number of nitrogens with zero attached hydrogens (tertiary/aromatic N) is 2. The maximum atomic E-state index is 12.8. The van der Waals surface area contributed by atoms with E-state index in [9.17, 15) is 4.79 Å². The summed E-state index contributed by atoms with van der Waals surface area (Å²) in [6.07, 6.45) is 1.69. The van der Waals surface area contributed by atoms with E-state index < -0.39 is 0 Å². The summed E-state index contributed by atoms with van der Waals surface area (Å²) in [7, 11) is 4.61. The van der Waals surface area contributed by atoms with Crippen molar-refractivity contribution in [2.75, 3.05) is 39.3 Å². The molecule has 1 aliphatic rings. The van der Waals surface area contributed by atoms with Crippen LogP contribution in [0.2, 0.25) is 0 Å². The van der Waals surface area contributed by atoms with Crippen molar-refractivity contribution in [2.45, 2.75) is 18.9 Å². The Balaban J connectivity index is 1.37. The maximum absolute atomic E-state index is 12.8. The van der Waals surface area contributed by atoms with Crippen molar-refractivity contribution in [3.05, 3.63) is 41.3 Å². The van der Waals surface area contributed by atoms with Crippen LogP contribution in [0.15, 0.2) is 35.7 Å². The highest BCUT2D eigenvalue weighted by Gasteiger charge is 2.24. The van der Waals surface area contributed by atoms with E-state index in [2.05, 4.69) is 37.9 Å². The van der Waals surface area contributed by atoms with Crippen LogP contribution >= 0.6 is 11.3 Å². The summed E-state index contributed by atoms with van der Waals surface area (Å²) in [4.78, 5) is 16.3. The lowest BCUT2D eigenvalue weighted by Gasteiger charge is -2.32. The Bertz CT molecular complexity index is 1000. The van der Waals surface area contributed by atoms with Crippen molar-refractivity contribution in [1.29, 1.82) is 0 Å². The molecule has 0 radical (unpaired) electrons. The van der Waals surface area contributed by atoms with Gasteiger partial charge in [-0.1, -0.05) is 6.07 Å². The molecule has 8 nitrogen and oxygen atoms in total. The number of thiophene rings is 1. The second-order valence-electron chi connectivity index (χ2n) is 7.27. The number of nitrogens with one attached hydrogen (secondary N) is 2. The molecule has 3 aromatic rings. The average molecular weight is 443 g/mol. The van der Waals surface area contributed by atoms with E-state index in [1.165, 1.54) is 26.2 Å². The third kappa shape index (κ3) is 4.46. The van der Waals surface area contributed by atoms with Gasteiger partial charge in [0.2, 0.25) is 5.75 Å². The molecule has 2 N–H and O–H groups in total. The molecule has 1 fully saturated rings. The predicted octanol–water partition coefficient (Wildman–Crippen LogP) is 3.56. The first-order valence-electron chi connectivity index (χ1n) is 10.1. The van der Waals surface area contributed by atoms with Crippen molar-refractivity contribution in [1.82, 2.24) is 15.5 Å². The number of hydrogen-bond donors (Lipinski definition) is 2. The zero-order chi connectivity index (χ0) is 21.8. The van der Waals surface area contributed by atoms with Crippen LogP contribution in [0.1, 0.15) is 23.2 Å². The smallest absolute Gasteiger partial charge is 0.251 e. The van der Waals surface area contributed by atoms with E-state index in [1.807, 2.05) is 6.07 Å². The molecule has 1 aromatic carbocycles. The molecule has 3 heterocycles. The average Bonchev–Trinajstić information content (AvgIpc) is 3.50. The fourth-order valence-corrected chi connectivity index (χ4v) is 4.46. The zero-order valence-electron chi connectivity index (χ0n) is 17.8. The minimum Gasteiger partial charge on any atom is -0.493 e. The summed E-state index contributed by atoms with van der Waals surface area (Å²) in [5, 5.41) is 12.8. The molecule has 0 atom stereocenters. The second-order valence-corrected chi connectivity index (χ2v) is 8.21. The largest absolute Gasteiger partial charge is 0.493 e. The van der Waals surface area contributed by atoms with Gasteiger partial charge in [-0.2, -0.15) is 5.10 Å². The maximum Gasteiger partial charge on any atom is 0.251 e. The molecule has 0 aliphatic carbocycles. The van der Waals surface area contributed by atoms with Gasteiger partial charge in [-0.3, -0.25) is 9.89 Å². The first kappa shape index (κ1) is 21.0. The van der Waals surface area contributed by atoms with Crippen LogP contribution in [0.3, 0.4) is 0 Å². The highest BCUT2D eigenvalue weighted by molar-refractivity contribution is 7.13. The number of rotatable bonds is 7. The number of methoxy groups -OCH3 is 3. The number of aromatic amines is 1. The summed E-state index contributed by atoms with van der Waals surface area (Å²) in [6.45, 7) is 1.66. The number of piperidine rings is 1. The molecule has 2 aromatic heterocycles. The van der Waals surface area contributed by atoms with Crippen molar-refractivity contribution >= 4 is 23.1 Å². The number of aromatic nitrogens is 2. The van der Waals surface area contributed by atoms with Gasteiger partial charge in [0.15, 0.2) is 17.3 Å². The van der Waals surface area contributed by atoms with E-state index in [4.69, 9.17) is 14.2 Å². The summed E-state index contributed by atoms with van der Waals surface area (Å²) in [5.41, 5.74) is 1.51. The first-order valence-corrected chi connectivity index (χ1v) is 11.0. The standard InChI is InChI=1S/C22H26N4O4S/c1-28-17-11-14(12-18(29-2)21(17)30-3)22(27)23-15-6-8-26(9-7-15)20-13-16(24-25-20)19-5-4-10-31-19/h4-5,10-13,15H,6-9H2,1-3H3,(H,23,27)(H,24,25). The molecule has 31 heavy (non-hydrogen) atoms. The lowest BCUT2D eigenvalue weighted by molar-refractivity contribution is 0.0930. The van der Waals surface area contributed by atoms with Gasteiger partial charge < -0.3 is 24.4 Å². The van der Waals surface area contributed by atoms with Gasteiger partial charge in [0.05, 0.1) is 31.9 Å². The monoisotopic (exact) mass is 442 g/mol. The number of carbonyl (C=O) groups is 1. The molecule has 1 amide bonds. The highest BCUT2D eigenvalue weighted by Crippen LogP contribution is 2.38. The Hall–Kier alpha value is -3.20. The van der Waals surface area contributed by atoms with Crippen LogP contribution < -0.4 is 24.4 Å². The molecule has 9 heteroatoms. The van der Waals surface area contributed by atoms with Crippen LogP contribution in [0.25, 0.3) is 10.6 Å². The lowest BCUT2D eigenvalue weighted by Crippen LogP contribution is -2.44. The number of benzene rings is 1. The second kappa shape index (κ2) is 9.30. The Kier molecular flexibility index (Phi) is 6.31. The summed E-state index contributed by atoms with van der Waals surface area (Å²) < 4.78 is 16.0. The lowest BCUT2D eigenvalue weighted by atomic mass is 10.0. The van der Waals surface area contributed by atoms with E-state index in [1.54, 1.807) is 23.5 Å². The Morgan fingerprint density at radius 2 is 1.84 bits per heavy atom. The summed E-state index contributed by atoms with van der Waals surface area (Å²) >= 11 is 1.69. The molecular formula is C22H26N4O4S. The Labute approximate surface area is 185 Å². The van der Waals surface area contributed by atoms with Gasteiger partial charge in [-0.15, -0.1) is 11.3 Å². The van der Waals surface area contributed by atoms with Crippen LogP contribution in [0.4, 0.5) is 5.82 Å². The molecule has 1 saturated heterocycles. The van der Waals surface area contributed by atoms with E-state index in [-0.39, 0.29) is 11.9 Å². The van der Waals surface area contributed by atoms with E-state index >= 15 is 0 Å². The Morgan fingerprint density at radius 3 is 2.42 bits per heavy atom. The SMILES string of the molecule is COc1cc(C(=O)NC2CCN(c3cc(-c4cccs4)[nH]n3)CC2)cc(OC)c1OC. The number of H-pyrrole nitrogens is 1. The molecular weight excluding hydrogens is 416 g/mol. The van der Waals surface area contributed by atoms with Crippen LogP contribution in [-0.2, 0) is 0 Å². The predicted molar refractivity (Wildman–Crippen MR) is 121 cm³/mol. The number of anilines is 1. The number of hydrogen-bond acceptors (Lipinski definition) is 7. The molecule has 0 unspecified atom stereocenters. The number of carbonyl (C=O) groups excluding carboxylic acids is 1. The van der Waals surface area contributed by atoms with Crippen molar-refractivity contribution < 1.29 is 19.0 Å². The van der Waals surface area contributed by atoms with Crippen LogP contribution in [-0.4, -0.2) is 56.6 Å².